The standard InChI is InChI=1S/C15H15ClN2O2/c16-13-4-3-10(19)7-12(13)15-17-14(18-20-15)11-6-8-1-2-9(11)5-8/h3-4,7-9,11,19H,1-2,5-6H2. The topological polar surface area (TPSA) is 59.2 Å². The molecule has 3 atom stereocenters. The van der Waals surface area contributed by atoms with E-state index in [0.29, 0.717) is 28.3 Å². The Morgan fingerprint density at radius 2 is 2.15 bits per heavy atom. The van der Waals surface area contributed by atoms with E-state index >= 15 is 0 Å². The highest BCUT2D eigenvalue weighted by Gasteiger charge is 2.42. The van der Waals surface area contributed by atoms with Crippen LogP contribution in [-0.2, 0) is 0 Å². The Hall–Kier alpha value is -1.55. The highest BCUT2D eigenvalue weighted by atomic mass is 35.5. The molecule has 1 heterocycles. The molecule has 1 aromatic carbocycles. The van der Waals surface area contributed by atoms with Gasteiger partial charge < -0.3 is 9.63 Å². The molecule has 0 spiro atoms. The van der Waals surface area contributed by atoms with Gasteiger partial charge in [-0.05, 0) is 49.3 Å². The molecule has 1 aromatic heterocycles. The quantitative estimate of drug-likeness (QED) is 0.908. The van der Waals surface area contributed by atoms with Crippen LogP contribution < -0.4 is 0 Å². The molecular weight excluding hydrogens is 276 g/mol. The third-order valence-electron chi connectivity index (χ3n) is 4.69. The lowest BCUT2D eigenvalue weighted by atomic mass is 9.88. The van der Waals surface area contributed by atoms with E-state index in [2.05, 4.69) is 10.1 Å². The van der Waals surface area contributed by atoms with Gasteiger partial charge in [0.15, 0.2) is 5.82 Å². The molecule has 2 aromatic rings. The summed E-state index contributed by atoms with van der Waals surface area (Å²) in [6, 6.07) is 4.73. The molecule has 5 heteroatoms. The van der Waals surface area contributed by atoms with Gasteiger partial charge in [0.2, 0.25) is 0 Å². The van der Waals surface area contributed by atoms with Crippen LogP contribution in [0.5, 0.6) is 5.75 Å². The summed E-state index contributed by atoms with van der Waals surface area (Å²) in [5.74, 6) is 3.32. The van der Waals surface area contributed by atoms with Gasteiger partial charge in [-0.3, -0.25) is 0 Å². The van der Waals surface area contributed by atoms with Crippen LogP contribution in [0.4, 0.5) is 0 Å². The molecule has 0 aliphatic heterocycles. The normalized spacial score (nSPS) is 28.1. The van der Waals surface area contributed by atoms with Crippen LogP contribution in [0.15, 0.2) is 22.7 Å². The monoisotopic (exact) mass is 290 g/mol. The number of phenols is 1. The van der Waals surface area contributed by atoms with Crippen LogP contribution in [-0.4, -0.2) is 15.2 Å². The Balaban J connectivity index is 1.66. The van der Waals surface area contributed by atoms with E-state index in [1.54, 1.807) is 18.2 Å². The van der Waals surface area contributed by atoms with Crippen molar-refractivity contribution in [1.82, 2.24) is 10.1 Å². The Bertz CT molecular complexity index is 655. The average Bonchev–Trinajstić information content (AvgIpc) is 3.15. The van der Waals surface area contributed by atoms with E-state index in [1.807, 2.05) is 0 Å². The molecule has 2 saturated carbocycles. The molecule has 2 bridgehead atoms. The molecule has 4 rings (SSSR count). The summed E-state index contributed by atoms with van der Waals surface area (Å²) >= 11 is 6.12. The van der Waals surface area contributed by atoms with E-state index in [0.717, 1.165) is 11.7 Å². The number of rotatable bonds is 2. The van der Waals surface area contributed by atoms with Crippen molar-refractivity contribution in [2.24, 2.45) is 11.8 Å². The number of aromatic nitrogens is 2. The van der Waals surface area contributed by atoms with E-state index < -0.39 is 0 Å². The van der Waals surface area contributed by atoms with Gasteiger partial charge in [-0.15, -0.1) is 0 Å². The van der Waals surface area contributed by atoms with Crippen LogP contribution in [0.3, 0.4) is 0 Å². The first-order valence-corrected chi connectivity index (χ1v) is 7.41. The van der Waals surface area contributed by atoms with Gasteiger partial charge in [0.1, 0.15) is 5.75 Å². The fourth-order valence-electron chi connectivity index (χ4n) is 3.73. The van der Waals surface area contributed by atoms with Crippen molar-refractivity contribution in [1.29, 1.82) is 0 Å². The minimum Gasteiger partial charge on any atom is -0.508 e. The maximum absolute atomic E-state index is 9.55. The third kappa shape index (κ3) is 1.90. The summed E-state index contributed by atoms with van der Waals surface area (Å²) < 4.78 is 5.35. The van der Waals surface area contributed by atoms with Gasteiger partial charge in [0, 0.05) is 5.92 Å². The number of nitrogens with zero attached hydrogens (tertiary/aromatic N) is 2. The summed E-state index contributed by atoms with van der Waals surface area (Å²) in [5.41, 5.74) is 0.591. The van der Waals surface area contributed by atoms with Crippen molar-refractivity contribution in [3.8, 4) is 17.2 Å². The Morgan fingerprint density at radius 1 is 1.25 bits per heavy atom. The van der Waals surface area contributed by atoms with Gasteiger partial charge in [-0.2, -0.15) is 4.98 Å². The van der Waals surface area contributed by atoms with Crippen molar-refractivity contribution >= 4 is 11.6 Å². The Kier molecular flexibility index (Phi) is 2.74. The van der Waals surface area contributed by atoms with Gasteiger partial charge in [-0.25, -0.2) is 0 Å². The second-order valence-corrected chi connectivity index (χ2v) is 6.31. The molecule has 104 valence electrons. The van der Waals surface area contributed by atoms with Crippen LogP contribution in [0.2, 0.25) is 5.02 Å². The molecule has 0 radical (unpaired) electrons. The number of benzene rings is 1. The Labute approximate surface area is 121 Å². The van der Waals surface area contributed by atoms with E-state index in [9.17, 15) is 5.11 Å². The number of halogens is 1. The number of fused-ring (bicyclic) bond motifs is 2. The lowest BCUT2D eigenvalue weighted by Gasteiger charge is -2.17. The molecule has 2 aliphatic carbocycles. The van der Waals surface area contributed by atoms with Crippen LogP contribution >= 0.6 is 11.6 Å². The van der Waals surface area contributed by atoms with Gasteiger partial charge in [-0.1, -0.05) is 23.2 Å². The number of hydrogen-bond donors (Lipinski definition) is 1. The summed E-state index contributed by atoms with van der Waals surface area (Å²) in [4.78, 5) is 4.51. The lowest BCUT2D eigenvalue weighted by molar-refractivity contribution is 0.372. The van der Waals surface area contributed by atoms with Gasteiger partial charge in [0.05, 0.1) is 10.6 Å². The largest absolute Gasteiger partial charge is 0.508 e. The van der Waals surface area contributed by atoms with Crippen molar-refractivity contribution < 1.29 is 9.63 Å². The minimum absolute atomic E-state index is 0.143. The molecule has 3 unspecified atom stereocenters. The molecule has 0 saturated heterocycles. The van der Waals surface area contributed by atoms with Crippen LogP contribution in [0.25, 0.3) is 11.5 Å². The molecule has 4 nitrogen and oxygen atoms in total. The smallest absolute Gasteiger partial charge is 0.259 e. The highest BCUT2D eigenvalue weighted by Crippen LogP contribution is 2.52. The molecular formula is C15H15ClN2O2. The maximum Gasteiger partial charge on any atom is 0.259 e. The van der Waals surface area contributed by atoms with Crippen molar-refractivity contribution in [3.05, 3.63) is 29.0 Å². The first kappa shape index (κ1) is 12.2. The van der Waals surface area contributed by atoms with Crippen molar-refractivity contribution in [3.63, 3.8) is 0 Å². The van der Waals surface area contributed by atoms with Crippen LogP contribution in [0.1, 0.15) is 37.4 Å². The van der Waals surface area contributed by atoms with E-state index in [4.69, 9.17) is 16.1 Å². The summed E-state index contributed by atoms with van der Waals surface area (Å²) in [6.07, 6.45) is 5.12. The number of aromatic hydroxyl groups is 1. The van der Waals surface area contributed by atoms with E-state index in [1.165, 1.54) is 25.7 Å². The molecule has 2 aliphatic rings. The first-order valence-electron chi connectivity index (χ1n) is 7.03. The maximum atomic E-state index is 9.55. The summed E-state index contributed by atoms with van der Waals surface area (Å²) in [6.45, 7) is 0. The first-order chi connectivity index (χ1) is 9.70. The molecule has 1 N–H and O–H groups in total. The molecule has 20 heavy (non-hydrogen) atoms. The lowest BCUT2D eigenvalue weighted by Crippen LogP contribution is -2.09. The highest BCUT2D eigenvalue weighted by molar-refractivity contribution is 6.33. The SMILES string of the molecule is Oc1ccc(Cl)c(-c2nc(C3CC4CCC3C4)no2)c1. The fourth-order valence-corrected chi connectivity index (χ4v) is 3.93. The van der Waals surface area contributed by atoms with Crippen molar-refractivity contribution in [2.75, 3.05) is 0 Å². The fraction of sp³-hybridized carbons (Fsp3) is 0.467. The minimum atomic E-state index is 0.143. The predicted molar refractivity (Wildman–Crippen MR) is 74.6 cm³/mol. The summed E-state index contributed by atoms with van der Waals surface area (Å²) in [5, 5.41) is 14.2. The second-order valence-electron chi connectivity index (χ2n) is 5.90. The van der Waals surface area contributed by atoms with Crippen LogP contribution in [0, 0.1) is 11.8 Å². The van der Waals surface area contributed by atoms with Gasteiger partial charge in [0.25, 0.3) is 5.89 Å². The van der Waals surface area contributed by atoms with E-state index in [-0.39, 0.29) is 5.75 Å². The third-order valence-corrected chi connectivity index (χ3v) is 5.02. The zero-order valence-electron chi connectivity index (χ0n) is 10.9. The Morgan fingerprint density at radius 3 is 2.90 bits per heavy atom. The van der Waals surface area contributed by atoms with Crippen molar-refractivity contribution in [2.45, 2.75) is 31.6 Å². The molecule has 2 fully saturated rings. The predicted octanol–water partition coefficient (Wildman–Crippen LogP) is 4.00. The number of hydrogen-bond acceptors (Lipinski definition) is 4. The average molecular weight is 291 g/mol. The zero-order valence-corrected chi connectivity index (χ0v) is 11.7. The van der Waals surface area contributed by atoms with Gasteiger partial charge >= 0.3 is 0 Å². The molecule has 0 amide bonds. The summed E-state index contributed by atoms with van der Waals surface area (Å²) in [7, 11) is 0. The number of phenolic OH excluding ortho intramolecular Hbond substituents is 1. The zero-order chi connectivity index (χ0) is 13.7. The second kappa shape index (κ2) is 4.48.